The molecule has 0 saturated heterocycles. The first-order valence-electron chi connectivity index (χ1n) is 7.24. The Labute approximate surface area is 130 Å². The van der Waals surface area contributed by atoms with Crippen LogP contribution in [0.5, 0.6) is 0 Å². The number of hydrogen-bond acceptors (Lipinski definition) is 2. The fraction of sp³-hybridized carbons (Fsp3) is 0.562. The summed E-state index contributed by atoms with van der Waals surface area (Å²) in [4.78, 5) is 13.0. The molecule has 0 aliphatic heterocycles. The van der Waals surface area contributed by atoms with Crippen LogP contribution in [-0.2, 0) is 4.79 Å². The quantitative estimate of drug-likeness (QED) is 0.836. The van der Waals surface area contributed by atoms with Crippen molar-refractivity contribution in [2.45, 2.75) is 44.0 Å². The molecule has 0 aromatic heterocycles. The van der Waals surface area contributed by atoms with Gasteiger partial charge in [0.25, 0.3) is 0 Å². The molecule has 1 amide bonds. The fourth-order valence-corrected chi connectivity index (χ4v) is 3.79. The molecule has 110 valence electrons. The summed E-state index contributed by atoms with van der Waals surface area (Å²) in [5, 5.41) is 3.90. The normalized spacial score (nSPS) is 26.2. The van der Waals surface area contributed by atoms with Crippen molar-refractivity contribution in [2.75, 3.05) is 5.75 Å². The fourth-order valence-electron chi connectivity index (χ4n) is 2.74. The summed E-state index contributed by atoms with van der Waals surface area (Å²) in [6, 6.07) is 7.98. The Hall–Kier alpha value is -0.670. The van der Waals surface area contributed by atoms with Crippen LogP contribution in [-0.4, -0.2) is 17.7 Å². The van der Waals surface area contributed by atoms with E-state index in [1.807, 2.05) is 24.3 Å². The Morgan fingerprint density at radius 1 is 1.35 bits per heavy atom. The first-order valence-corrected chi connectivity index (χ1v) is 8.61. The predicted molar refractivity (Wildman–Crippen MR) is 86.3 cm³/mol. The third kappa shape index (κ3) is 4.16. The molecule has 1 aromatic carbocycles. The summed E-state index contributed by atoms with van der Waals surface area (Å²) in [7, 11) is 0. The molecule has 0 radical (unpaired) electrons. The molecule has 1 aromatic rings. The zero-order chi connectivity index (χ0) is 14.5. The standard InChI is InChI=1S/C16H22ClNOS/c1-11-6-5-8-14(12(11)2)18-16(19)10-20-15-9-4-3-7-13(15)17/h3-4,7,9,11-12,14H,5-6,8,10H2,1-2H3,(H,18,19)/t11-,12+,14+/m1/s1. The van der Waals surface area contributed by atoms with Crippen molar-refractivity contribution in [3.05, 3.63) is 29.3 Å². The van der Waals surface area contributed by atoms with Crippen LogP contribution in [0.25, 0.3) is 0 Å². The summed E-state index contributed by atoms with van der Waals surface area (Å²) in [6.07, 6.45) is 3.60. The Morgan fingerprint density at radius 2 is 2.10 bits per heavy atom. The van der Waals surface area contributed by atoms with Crippen LogP contribution in [0.4, 0.5) is 0 Å². The lowest BCUT2D eigenvalue weighted by molar-refractivity contribution is -0.119. The number of nitrogens with one attached hydrogen (secondary N) is 1. The molecule has 2 nitrogen and oxygen atoms in total. The summed E-state index contributed by atoms with van der Waals surface area (Å²) in [5.74, 6) is 1.81. The molecule has 0 spiro atoms. The minimum absolute atomic E-state index is 0.112. The van der Waals surface area contributed by atoms with Gasteiger partial charge in [-0.1, -0.05) is 50.4 Å². The van der Waals surface area contributed by atoms with Crippen LogP contribution in [0.3, 0.4) is 0 Å². The molecule has 2 rings (SSSR count). The third-order valence-electron chi connectivity index (χ3n) is 4.25. The van der Waals surface area contributed by atoms with Crippen LogP contribution in [0.15, 0.2) is 29.2 Å². The van der Waals surface area contributed by atoms with Gasteiger partial charge in [0.15, 0.2) is 0 Å². The molecule has 20 heavy (non-hydrogen) atoms. The molecule has 0 heterocycles. The largest absolute Gasteiger partial charge is 0.352 e. The monoisotopic (exact) mass is 311 g/mol. The number of halogens is 1. The Bertz CT molecular complexity index is 466. The zero-order valence-electron chi connectivity index (χ0n) is 12.1. The molecule has 1 saturated carbocycles. The van der Waals surface area contributed by atoms with Gasteiger partial charge in [-0.3, -0.25) is 4.79 Å². The molecule has 3 atom stereocenters. The highest BCUT2D eigenvalue weighted by atomic mass is 35.5. The van der Waals surface area contributed by atoms with Crippen molar-refractivity contribution in [3.63, 3.8) is 0 Å². The highest BCUT2D eigenvalue weighted by molar-refractivity contribution is 8.00. The maximum Gasteiger partial charge on any atom is 0.230 e. The number of hydrogen-bond donors (Lipinski definition) is 1. The van der Waals surface area contributed by atoms with Crippen molar-refractivity contribution in [3.8, 4) is 0 Å². The Kier molecular flexibility index (Phi) is 5.79. The van der Waals surface area contributed by atoms with E-state index in [4.69, 9.17) is 11.6 Å². The zero-order valence-corrected chi connectivity index (χ0v) is 13.6. The van der Waals surface area contributed by atoms with Gasteiger partial charge in [0.2, 0.25) is 5.91 Å². The lowest BCUT2D eigenvalue weighted by atomic mass is 9.78. The maximum atomic E-state index is 12.1. The number of carbonyl (C=O) groups is 1. The van der Waals surface area contributed by atoms with E-state index in [1.54, 1.807) is 0 Å². The molecular formula is C16H22ClNOS. The summed E-state index contributed by atoms with van der Waals surface area (Å²) >= 11 is 7.59. The smallest absolute Gasteiger partial charge is 0.230 e. The van der Waals surface area contributed by atoms with Crippen molar-refractivity contribution in [1.82, 2.24) is 5.32 Å². The van der Waals surface area contributed by atoms with Crippen molar-refractivity contribution in [1.29, 1.82) is 0 Å². The minimum atomic E-state index is 0.112. The Morgan fingerprint density at radius 3 is 2.85 bits per heavy atom. The molecule has 1 aliphatic carbocycles. The molecule has 1 N–H and O–H groups in total. The van der Waals surface area contributed by atoms with Crippen molar-refractivity contribution in [2.24, 2.45) is 11.8 Å². The van der Waals surface area contributed by atoms with Crippen LogP contribution in [0, 0.1) is 11.8 Å². The van der Waals surface area contributed by atoms with Crippen molar-refractivity contribution >= 4 is 29.3 Å². The van der Waals surface area contributed by atoms with E-state index in [0.717, 1.165) is 11.3 Å². The van der Waals surface area contributed by atoms with Gasteiger partial charge in [-0.05, 0) is 30.4 Å². The summed E-state index contributed by atoms with van der Waals surface area (Å²) < 4.78 is 0. The first kappa shape index (κ1) is 15.7. The van der Waals surface area contributed by atoms with Gasteiger partial charge in [-0.15, -0.1) is 11.8 Å². The molecule has 1 fully saturated rings. The molecule has 4 heteroatoms. The van der Waals surface area contributed by atoms with Crippen LogP contribution in [0.2, 0.25) is 5.02 Å². The van der Waals surface area contributed by atoms with Gasteiger partial charge < -0.3 is 5.32 Å². The lowest BCUT2D eigenvalue weighted by Gasteiger charge is -2.34. The summed E-state index contributed by atoms with van der Waals surface area (Å²) in [6.45, 7) is 4.53. The molecule has 0 unspecified atom stereocenters. The maximum absolute atomic E-state index is 12.1. The summed E-state index contributed by atoms with van der Waals surface area (Å²) in [5.41, 5.74) is 0. The highest BCUT2D eigenvalue weighted by Gasteiger charge is 2.27. The van der Waals surface area contributed by atoms with E-state index >= 15 is 0 Å². The van der Waals surface area contributed by atoms with Gasteiger partial charge >= 0.3 is 0 Å². The SMILES string of the molecule is C[C@H]1[C@H](C)CCC[C@@H]1NC(=O)CSc1ccccc1Cl. The number of carbonyl (C=O) groups excluding carboxylic acids is 1. The van der Waals surface area contributed by atoms with E-state index < -0.39 is 0 Å². The second-order valence-electron chi connectivity index (χ2n) is 5.66. The Balaban J connectivity index is 1.82. The predicted octanol–water partition coefficient (Wildman–Crippen LogP) is 4.37. The number of amides is 1. The second kappa shape index (κ2) is 7.37. The van der Waals surface area contributed by atoms with Gasteiger partial charge in [-0.2, -0.15) is 0 Å². The van der Waals surface area contributed by atoms with E-state index in [1.165, 1.54) is 24.6 Å². The number of rotatable bonds is 4. The minimum Gasteiger partial charge on any atom is -0.352 e. The average molecular weight is 312 g/mol. The highest BCUT2D eigenvalue weighted by Crippen LogP contribution is 2.30. The van der Waals surface area contributed by atoms with Gasteiger partial charge in [0.1, 0.15) is 0 Å². The van der Waals surface area contributed by atoms with Gasteiger partial charge in [0, 0.05) is 10.9 Å². The molecule has 0 bridgehead atoms. The van der Waals surface area contributed by atoms with Crippen LogP contribution in [0.1, 0.15) is 33.1 Å². The van der Waals surface area contributed by atoms with Crippen LogP contribution < -0.4 is 5.32 Å². The molecular weight excluding hydrogens is 290 g/mol. The number of benzene rings is 1. The third-order valence-corrected chi connectivity index (χ3v) is 5.76. The van der Waals surface area contributed by atoms with Crippen LogP contribution >= 0.6 is 23.4 Å². The second-order valence-corrected chi connectivity index (χ2v) is 7.08. The van der Waals surface area contributed by atoms with Gasteiger partial charge in [0.05, 0.1) is 10.8 Å². The number of thioether (sulfide) groups is 1. The topological polar surface area (TPSA) is 29.1 Å². The lowest BCUT2D eigenvalue weighted by Crippen LogP contribution is -2.44. The average Bonchev–Trinajstić information content (AvgIpc) is 2.43. The molecule has 1 aliphatic rings. The van der Waals surface area contributed by atoms with Gasteiger partial charge in [-0.25, -0.2) is 0 Å². The van der Waals surface area contributed by atoms with E-state index in [9.17, 15) is 4.79 Å². The van der Waals surface area contributed by atoms with Crippen molar-refractivity contribution < 1.29 is 4.79 Å². The van der Waals surface area contributed by atoms with E-state index in [0.29, 0.717) is 28.7 Å². The first-order chi connectivity index (χ1) is 9.58. The van der Waals surface area contributed by atoms with E-state index in [2.05, 4.69) is 19.2 Å². The van der Waals surface area contributed by atoms with E-state index in [-0.39, 0.29) is 5.91 Å².